The zero-order valence-corrected chi connectivity index (χ0v) is 10.0. The molecular formula is C12H26N2O. The first-order valence-electron chi connectivity index (χ1n) is 6.44. The highest BCUT2D eigenvalue weighted by Gasteiger charge is 2.15. The maximum atomic E-state index is 5.71. The number of nitrogens with one attached hydrogen (secondary N) is 1. The van der Waals surface area contributed by atoms with Crippen LogP contribution in [0.2, 0.25) is 0 Å². The Bertz CT molecular complexity index is 147. The van der Waals surface area contributed by atoms with Crippen LogP contribution in [0.15, 0.2) is 0 Å². The molecule has 1 heterocycles. The van der Waals surface area contributed by atoms with Crippen molar-refractivity contribution >= 4 is 0 Å². The second-order valence-electron chi connectivity index (χ2n) is 4.57. The molecule has 0 amide bonds. The monoisotopic (exact) mass is 214 g/mol. The molecule has 1 aliphatic rings. The van der Waals surface area contributed by atoms with Gasteiger partial charge in [-0.2, -0.15) is 0 Å². The molecule has 0 aromatic rings. The Morgan fingerprint density at radius 3 is 2.87 bits per heavy atom. The predicted molar refractivity (Wildman–Crippen MR) is 63.5 cm³/mol. The topological polar surface area (TPSA) is 47.3 Å². The molecule has 90 valence electrons. The first-order valence-corrected chi connectivity index (χ1v) is 6.44. The van der Waals surface area contributed by atoms with E-state index < -0.39 is 0 Å². The normalized spacial score (nSPS) is 24.0. The van der Waals surface area contributed by atoms with Crippen LogP contribution in [-0.4, -0.2) is 18.8 Å². The van der Waals surface area contributed by atoms with E-state index in [0.717, 1.165) is 13.0 Å². The molecule has 0 spiro atoms. The van der Waals surface area contributed by atoms with Crippen LogP contribution in [0.3, 0.4) is 0 Å². The molecule has 1 aliphatic heterocycles. The van der Waals surface area contributed by atoms with Gasteiger partial charge >= 0.3 is 0 Å². The summed E-state index contributed by atoms with van der Waals surface area (Å²) in [6.45, 7) is 3.18. The highest BCUT2D eigenvalue weighted by Crippen LogP contribution is 2.18. The van der Waals surface area contributed by atoms with Crippen molar-refractivity contribution in [3.8, 4) is 0 Å². The second-order valence-corrected chi connectivity index (χ2v) is 4.57. The van der Waals surface area contributed by atoms with Gasteiger partial charge in [-0.25, -0.2) is 0 Å². The molecule has 0 aliphatic carbocycles. The van der Waals surface area contributed by atoms with Crippen molar-refractivity contribution in [2.24, 2.45) is 5.84 Å². The Morgan fingerprint density at radius 2 is 2.27 bits per heavy atom. The summed E-state index contributed by atoms with van der Waals surface area (Å²) in [6, 6.07) is 0.482. The van der Waals surface area contributed by atoms with Crippen molar-refractivity contribution in [3.63, 3.8) is 0 Å². The molecule has 0 radical (unpaired) electrons. The third-order valence-corrected chi connectivity index (χ3v) is 3.25. The van der Waals surface area contributed by atoms with E-state index in [1.807, 2.05) is 0 Å². The molecule has 3 heteroatoms. The zero-order chi connectivity index (χ0) is 10.9. The molecule has 3 nitrogen and oxygen atoms in total. The van der Waals surface area contributed by atoms with Crippen LogP contribution >= 0.6 is 0 Å². The number of rotatable bonds is 7. The third-order valence-electron chi connectivity index (χ3n) is 3.25. The zero-order valence-electron chi connectivity index (χ0n) is 10.0. The quantitative estimate of drug-likeness (QED) is 0.505. The Morgan fingerprint density at radius 1 is 1.40 bits per heavy atom. The Kier molecular flexibility index (Phi) is 6.98. The van der Waals surface area contributed by atoms with E-state index >= 15 is 0 Å². The number of hydrogen-bond donors (Lipinski definition) is 2. The molecule has 0 saturated carbocycles. The highest BCUT2D eigenvalue weighted by molar-refractivity contribution is 4.69. The number of ether oxygens (including phenoxy) is 1. The number of hydrogen-bond acceptors (Lipinski definition) is 3. The largest absolute Gasteiger partial charge is 0.378 e. The van der Waals surface area contributed by atoms with E-state index in [1.165, 1.54) is 44.9 Å². The van der Waals surface area contributed by atoms with E-state index in [0.29, 0.717) is 12.1 Å². The van der Waals surface area contributed by atoms with Crippen LogP contribution in [0.25, 0.3) is 0 Å². The minimum atomic E-state index is 0.482. The molecule has 0 bridgehead atoms. The molecule has 15 heavy (non-hydrogen) atoms. The van der Waals surface area contributed by atoms with Crippen molar-refractivity contribution in [2.75, 3.05) is 6.61 Å². The molecule has 1 fully saturated rings. The summed E-state index contributed by atoms with van der Waals surface area (Å²) in [5.41, 5.74) is 2.92. The van der Waals surface area contributed by atoms with E-state index in [4.69, 9.17) is 10.6 Å². The first-order chi connectivity index (χ1) is 7.36. The van der Waals surface area contributed by atoms with Crippen LogP contribution in [0.4, 0.5) is 0 Å². The Labute approximate surface area is 93.7 Å². The van der Waals surface area contributed by atoms with Crippen LogP contribution in [0, 0.1) is 0 Å². The molecule has 1 saturated heterocycles. The molecule has 0 aromatic heterocycles. The van der Waals surface area contributed by atoms with Crippen LogP contribution in [-0.2, 0) is 4.74 Å². The lowest BCUT2D eigenvalue weighted by Gasteiger charge is -2.24. The van der Waals surface area contributed by atoms with Gasteiger partial charge in [0.1, 0.15) is 0 Å². The third kappa shape index (κ3) is 5.50. The predicted octanol–water partition coefficient (Wildman–Crippen LogP) is 2.36. The smallest absolute Gasteiger partial charge is 0.0575 e. The van der Waals surface area contributed by atoms with Gasteiger partial charge in [0.05, 0.1) is 6.10 Å². The maximum Gasteiger partial charge on any atom is 0.0575 e. The molecular weight excluding hydrogens is 188 g/mol. The summed E-state index contributed by atoms with van der Waals surface area (Å²) in [5, 5.41) is 0. The van der Waals surface area contributed by atoms with Gasteiger partial charge in [-0.3, -0.25) is 11.3 Å². The number of hydrazine groups is 1. The molecule has 1 rings (SSSR count). The maximum absolute atomic E-state index is 5.71. The van der Waals surface area contributed by atoms with Crippen molar-refractivity contribution in [2.45, 2.75) is 70.4 Å². The van der Waals surface area contributed by atoms with Gasteiger partial charge < -0.3 is 4.74 Å². The van der Waals surface area contributed by atoms with Gasteiger partial charge in [0, 0.05) is 12.6 Å². The van der Waals surface area contributed by atoms with E-state index in [2.05, 4.69) is 12.3 Å². The lowest BCUT2D eigenvalue weighted by atomic mass is 9.99. The fourth-order valence-electron chi connectivity index (χ4n) is 2.18. The van der Waals surface area contributed by atoms with Crippen molar-refractivity contribution in [3.05, 3.63) is 0 Å². The van der Waals surface area contributed by atoms with Crippen molar-refractivity contribution < 1.29 is 4.74 Å². The Hall–Kier alpha value is -0.120. The lowest BCUT2D eigenvalue weighted by Crippen LogP contribution is -2.36. The standard InChI is InChI=1S/C12H26N2O/c1-2-3-6-11(14-13)8-9-12-7-4-5-10-15-12/h11-12,14H,2-10,13H2,1H3. The summed E-state index contributed by atoms with van der Waals surface area (Å²) >= 11 is 0. The van der Waals surface area contributed by atoms with Gasteiger partial charge in [-0.05, 0) is 38.5 Å². The van der Waals surface area contributed by atoms with Crippen molar-refractivity contribution in [1.29, 1.82) is 0 Å². The van der Waals surface area contributed by atoms with E-state index in [-0.39, 0.29) is 0 Å². The lowest BCUT2D eigenvalue weighted by molar-refractivity contribution is 0.00841. The van der Waals surface area contributed by atoms with Gasteiger partial charge in [0.2, 0.25) is 0 Å². The average Bonchev–Trinajstić information content (AvgIpc) is 2.31. The van der Waals surface area contributed by atoms with Gasteiger partial charge in [0.15, 0.2) is 0 Å². The van der Waals surface area contributed by atoms with Gasteiger partial charge in [-0.1, -0.05) is 19.8 Å². The minimum absolute atomic E-state index is 0.482. The minimum Gasteiger partial charge on any atom is -0.378 e. The molecule has 3 N–H and O–H groups in total. The highest BCUT2D eigenvalue weighted by atomic mass is 16.5. The van der Waals surface area contributed by atoms with Gasteiger partial charge in [-0.15, -0.1) is 0 Å². The molecule has 2 unspecified atom stereocenters. The first kappa shape index (κ1) is 12.9. The van der Waals surface area contributed by atoms with Crippen LogP contribution in [0.5, 0.6) is 0 Å². The van der Waals surface area contributed by atoms with Crippen molar-refractivity contribution in [1.82, 2.24) is 5.43 Å². The molecule has 0 aromatic carbocycles. The fourth-order valence-corrected chi connectivity index (χ4v) is 2.18. The van der Waals surface area contributed by atoms with E-state index in [9.17, 15) is 0 Å². The number of unbranched alkanes of at least 4 members (excludes halogenated alkanes) is 1. The fraction of sp³-hybridized carbons (Fsp3) is 1.00. The summed E-state index contributed by atoms with van der Waals surface area (Å²) in [6.07, 6.45) is 10.3. The van der Waals surface area contributed by atoms with Crippen LogP contribution < -0.4 is 11.3 Å². The summed E-state index contributed by atoms with van der Waals surface area (Å²) in [5.74, 6) is 5.54. The summed E-state index contributed by atoms with van der Waals surface area (Å²) in [4.78, 5) is 0. The SMILES string of the molecule is CCCCC(CCC1CCCCO1)NN. The van der Waals surface area contributed by atoms with Crippen LogP contribution in [0.1, 0.15) is 58.3 Å². The number of nitrogens with two attached hydrogens (primary N) is 1. The van der Waals surface area contributed by atoms with E-state index in [1.54, 1.807) is 0 Å². The second kappa shape index (κ2) is 8.08. The van der Waals surface area contributed by atoms with Gasteiger partial charge in [0.25, 0.3) is 0 Å². The average molecular weight is 214 g/mol. The molecule has 2 atom stereocenters. The summed E-state index contributed by atoms with van der Waals surface area (Å²) in [7, 11) is 0. The Balaban J connectivity index is 2.09. The summed E-state index contributed by atoms with van der Waals surface area (Å²) < 4.78 is 5.71.